The van der Waals surface area contributed by atoms with E-state index in [0.717, 1.165) is 32.1 Å². The molecule has 9 heteroatoms. The number of ketones is 1. The van der Waals surface area contributed by atoms with Crippen LogP contribution >= 0.6 is 0 Å². The van der Waals surface area contributed by atoms with E-state index in [1.807, 2.05) is 4.90 Å². The fourth-order valence-corrected chi connectivity index (χ4v) is 6.26. The summed E-state index contributed by atoms with van der Waals surface area (Å²) in [4.78, 5) is 14.5. The van der Waals surface area contributed by atoms with E-state index in [1.165, 1.54) is 18.4 Å². The van der Waals surface area contributed by atoms with Crippen molar-refractivity contribution in [1.29, 1.82) is 5.26 Å². The Balaban J connectivity index is 1.86. The number of nitriles is 1. The second kappa shape index (κ2) is 6.84. The van der Waals surface area contributed by atoms with Crippen molar-refractivity contribution in [3.63, 3.8) is 0 Å². The molecule has 1 heterocycles. The Labute approximate surface area is 155 Å². The molecule has 2 saturated carbocycles. The minimum absolute atomic E-state index is 0.0266. The molecule has 1 aliphatic heterocycles. The molecule has 3 fully saturated rings. The van der Waals surface area contributed by atoms with Gasteiger partial charge in [-0.1, -0.05) is 0 Å². The van der Waals surface area contributed by atoms with Crippen molar-refractivity contribution in [3.8, 4) is 6.07 Å². The number of likely N-dealkylation sites (tertiary alicyclic amines) is 1. The first-order chi connectivity index (χ1) is 12.2. The van der Waals surface area contributed by atoms with Crippen LogP contribution in [0.2, 0.25) is 0 Å². The highest BCUT2D eigenvalue weighted by Gasteiger charge is 2.55. The Morgan fingerprint density at radius 1 is 1.38 bits per heavy atom. The summed E-state index contributed by atoms with van der Waals surface area (Å²) < 4.78 is 29.0. The molecular weight excluding hydrogens is 354 g/mol. The predicted octanol–water partition coefficient (Wildman–Crippen LogP) is -0.0303. The number of hydrogen-bond donors (Lipinski definition) is 2. The van der Waals surface area contributed by atoms with Gasteiger partial charge in [0.05, 0.1) is 12.6 Å². The van der Waals surface area contributed by atoms with Gasteiger partial charge < -0.3 is 5.73 Å². The fraction of sp³-hybridized carbons (Fsp3) is 0.882. The zero-order valence-corrected chi connectivity index (χ0v) is 16.4. The van der Waals surface area contributed by atoms with Gasteiger partial charge in [0.1, 0.15) is 0 Å². The Morgan fingerprint density at radius 3 is 2.73 bits per heavy atom. The van der Waals surface area contributed by atoms with Gasteiger partial charge in [-0.3, -0.25) is 9.69 Å². The third kappa shape index (κ3) is 3.18. The van der Waals surface area contributed by atoms with Crippen LogP contribution in [0.4, 0.5) is 0 Å². The summed E-state index contributed by atoms with van der Waals surface area (Å²) in [5, 5.41) is 9.80. The monoisotopic (exact) mass is 383 g/mol. The van der Waals surface area contributed by atoms with E-state index < -0.39 is 21.3 Å². The standard InChI is InChI=1S/C17H29N5O3S/c1-21(2)26(24,25)20-16-6-4-13(9-16)8-14(10-16)22-7-3-5-17(22,12-19)15(23)11-18/h13-14,20H,3-11,18H2,1-2H3. The number of rotatable bonds is 6. The largest absolute Gasteiger partial charge is 0.324 e. The smallest absolute Gasteiger partial charge is 0.279 e. The molecule has 4 atom stereocenters. The summed E-state index contributed by atoms with van der Waals surface area (Å²) in [6, 6.07) is 2.28. The second-order valence-electron chi connectivity index (χ2n) is 8.27. The molecule has 3 rings (SSSR count). The average Bonchev–Trinajstić information content (AvgIpc) is 3.15. The summed E-state index contributed by atoms with van der Waals surface area (Å²) in [5.41, 5.74) is 3.97. The van der Waals surface area contributed by atoms with Crippen molar-refractivity contribution in [2.45, 2.75) is 62.1 Å². The molecule has 0 aromatic carbocycles. The number of fused-ring (bicyclic) bond motifs is 2. The third-order valence-electron chi connectivity index (χ3n) is 6.47. The van der Waals surface area contributed by atoms with Crippen LogP contribution in [0, 0.1) is 17.2 Å². The molecule has 8 nitrogen and oxygen atoms in total. The lowest BCUT2D eigenvalue weighted by atomic mass is 9.78. The molecule has 3 N–H and O–H groups in total. The first kappa shape index (κ1) is 19.7. The van der Waals surface area contributed by atoms with E-state index in [4.69, 9.17) is 5.73 Å². The van der Waals surface area contributed by atoms with Crippen molar-refractivity contribution in [2.24, 2.45) is 11.7 Å². The van der Waals surface area contributed by atoms with Gasteiger partial charge >= 0.3 is 0 Å². The maximum atomic E-state index is 12.5. The number of hydrogen-bond acceptors (Lipinski definition) is 6. The first-order valence-corrected chi connectivity index (χ1v) is 10.7. The lowest BCUT2D eigenvalue weighted by Crippen LogP contribution is -2.61. The van der Waals surface area contributed by atoms with E-state index in [9.17, 15) is 18.5 Å². The molecule has 4 unspecified atom stereocenters. The summed E-state index contributed by atoms with van der Waals surface area (Å²) in [7, 11) is -0.490. The molecule has 0 amide bonds. The van der Waals surface area contributed by atoms with Crippen LogP contribution in [0.25, 0.3) is 0 Å². The van der Waals surface area contributed by atoms with Crippen LogP contribution in [0.3, 0.4) is 0 Å². The third-order valence-corrected chi connectivity index (χ3v) is 8.12. The van der Waals surface area contributed by atoms with E-state index in [2.05, 4.69) is 10.8 Å². The summed E-state index contributed by atoms with van der Waals surface area (Å²) in [6.45, 7) is 0.547. The van der Waals surface area contributed by atoms with Crippen LogP contribution < -0.4 is 10.5 Å². The fourth-order valence-electron chi connectivity index (χ4n) is 5.26. The molecule has 3 aliphatic rings. The number of Topliss-reactive ketones (excluding diaryl/α,β-unsaturated/α-hetero) is 1. The van der Waals surface area contributed by atoms with Crippen molar-refractivity contribution in [3.05, 3.63) is 0 Å². The Kier molecular flexibility index (Phi) is 5.18. The van der Waals surface area contributed by atoms with Crippen molar-refractivity contribution in [2.75, 3.05) is 27.2 Å². The topological polar surface area (TPSA) is 120 Å². The lowest BCUT2D eigenvalue weighted by molar-refractivity contribution is -0.127. The maximum Gasteiger partial charge on any atom is 0.279 e. The zero-order valence-electron chi connectivity index (χ0n) is 15.6. The van der Waals surface area contributed by atoms with E-state index >= 15 is 0 Å². The number of nitrogens with zero attached hydrogens (tertiary/aromatic N) is 3. The average molecular weight is 384 g/mol. The van der Waals surface area contributed by atoms with Gasteiger partial charge in [0, 0.05) is 32.2 Å². The second-order valence-corrected chi connectivity index (χ2v) is 10.2. The van der Waals surface area contributed by atoms with E-state index in [-0.39, 0.29) is 18.4 Å². The van der Waals surface area contributed by atoms with Crippen LogP contribution in [0.1, 0.15) is 44.9 Å². The molecule has 2 aliphatic carbocycles. The number of carbonyl (C=O) groups excluding carboxylic acids is 1. The zero-order chi connectivity index (χ0) is 19.2. The molecule has 0 spiro atoms. The summed E-state index contributed by atoms with van der Waals surface area (Å²) in [6.07, 6.45) is 5.46. The number of carbonyl (C=O) groups is 1. The van der Waals surface area contributed by atoms with Gasteiger partial charge in [0.25, 0.3) is 10.2 Å². The van der Waals surface area contributed by atoms with E-state index in [1.54, 1.807) is 0 Å². The molecule has 26 heavy (non-hydrogen) atoms. The van der Waals surface area contributed by atoms with Crippen LogP contribution in [-0.4, -0.2) is 67.7 Å². The molecule has 0 radical (unpaired) electrons. The first-order valence-electron chi connectivity index (χ1n) is 9.31. The normalized spacial score (nSPS) is 37.8. The van der Waals surface area contributed by atoms with Crippen molar-refractivity contribution < 1.29 is 13.2 Å². The Morgan fingerprint density at radius 2 is 2.12 bits per heavy atom. The maximum absolute atomic E-state index is 12.5. The van der Waals surface area contributed by atoms with Crippen molar-refractivity contribution >= 4 is 16.0 Å². The molecular formula is C17H29N5O3S. The highest BCUT2D eigenvalue weighted by atomic mass is 32.2. The van der Waals surface area contributed by atoms with E-state index in [0.29, 0.717) is 25.3 Å². The van der Waals surface area contributed by atoms with Gasteiger partial charge in [-0.2, -0.15) is 22.7 Å². The Hall–Kier alpha value is -1.05. The van der Waals surface area contributed by atoms with Gasteiger partial charge in [0.15, 0.2) is 11.3 Å². The predicted molar refractivity (Wildman–Crippen MR) is 97.2 cm³/mol. The van der Waals surface area contributed by atoms with Crippen LogP contribution in [0.5, 0.6) is 0 Å². The number of nitrogens with one attached hydrogen (secondary N) is 1. The van der Waals surface area contributed by atoms with Crippen molar-refractivity contribution in [1.82, 2.24) is 13.9 Å². The lowest BCUT2D eigenvalue weighted by Gasteiger charge is -2.45. The van der Waals surface area contributed by atoms with Gasteiger partial charge in [-0.15, -0.1) is 0 Å². The van der Waals surface area contributed by atoms with Gasteiger partial charge in [0.2, 0.25) is 0 Å². The highest BCUT2D eigenvalue weighted by molar-refractivity contribution is 7.87. The van der Waals surface area contributed by atoms with Gasteiger partial charge in [-0.25, -0.2) is 0 Å². The van der Waals surface area contributed by atoms with Crippen LogP contribution in [0.15, 0.2) is 0 Å². The summed E-state index contributed by atoms with van der Waals surface area (Å²) >= 11 is 0. The molecule has 2 bridgehead atoms. The highest BCUT2D eigenvalue weighted by Crippen LogP contribution is 2.49. The quantitative estimate of drug-likeness (QED) is 0.665. The summed E-state index contributed by atoms with van der Waals surface area (Å²) in [5.74, 6) is 0.196. The molecule has 0 aromatic rings. The molecule has 1 saturated heterocycles. The molecule has 146 valence electrons. The minimum atomic E-state index is -3.53. The molecule has 0 aromatic heterocycles. The minimum Gasteiger partial charge on any atom is -0.324 e. The van der Waals surface area contributed by atoms with Gasteiger partial charge in [-0.05, 0) is 50.9 Å². The number of nitrogens with two attached hydrogens (primary N) is 1. The Bertz CT molecular complexity index is 718. The SMILES string of the molecule is CN(C)S(=O)(=O)NC12CCC(CC(N3CCCC3(C#N)C(=O)CN)C1)C2. The van der Waals surface area contributed by atoms with Crippen LogP contribution in [-0.2, 0) is 15.0 Å².